The van der Waals surface area contributed by atoms with Crippen molar-refractivity contribution in [2.24, 2.45) is 11.3 Å². The second kappa shape index (κ2) is 5.37. The molecule has 3 aliphatic rings. The predicted molar refractivity (Wildman–Crippen MR) is 79.3 cm³/mol. The molecule has 1 saturated heterocycles. The molecule has 19 heavy (non-hydrogen) atoms. The average molecular weight is 265 g/mol. The van der Waals surface area contributed by atoms with Crippen molar-refractivity contribution >= 4 is 0 Å². The maximum Gasteiger partial charge on any atom is 0.0697 e. The molecular weight excluding hydrogens is 234 g/mol. The van der Waals surface area contributed by atoms with Crippen LogP contribution in [-0.4, -0.2) is 24.8 Å². The summed E-state index contributed by atoms with van der Waals surface area (Å²) >= 11 is 0. The van der Waals surface area contributed by atoms with Crippen molar-refractivity contribution in [2.75, 3.05) is 13.2 Å². The van der Waals surface area contributed by atoms with Crippen LogP contribution in [0.25, 0.3) is 0 Å². The Kier molecular flexibility index (Phi) is 3.92. The standard InChI is InChI=1S/C17H31NO/c1-14(2)16(9-10-16)13-18-15-6-11-19-17(12-15)7-4-3-5-8-17/h14-15,18H,3-13H2,1-2H3. The van der Waals surface area contributed by atoms with Crippen LogP contribution >= 0.6 is 0 Å². The summed E-state index contributed by atoms with van der Waals surface area (Å²) in [4.78, 5) is 0. The molecule has 0 aromatic rings. The average Bonchev–Trinajstić information content (AvgIpc) is 3.19. The van der Waals surface area contributed by atoms with Crippen LogP contribution in [0.2, 0.25) is 0 Å². The zero-order valence-corrected chi connectivity index (χ0v) is 12.8. The molecule has 0 bridgehead atoms. The van der Waals surface area contributed by atoms with Gasteiger partial charge < -0.3 is 10.1 Å². The van der Waals surface area contributed by atoms with Gasteiger partial charge in [0.1, 0.15) is 0 Å². The number of hydrogen-bond donors (Lipinski definition) is 1. The van der Waals surface area contributed by atoms with Crippen molar-refractivity contribution < 1.29 is 4.74 Å². The van der Waals surface area contributed by atoms with Crippen molar-refractivity contribution in [1.82, 2.24) is 5.32 Å². The lowest BCUT2D eigenvalue weighted by molar-refractivity contribution is -0.109. The Morgan fingerprint density at radius 1 is 1.11 bits per heavy atom. The lowest BCUT2D eigenvalue weighted by Gasteiger charge is -2.44. The SMILES string of the molecule is CC(C)C1(CNC2CCOC3(CCCCC3)C2)CC1. The van der Waals surface area contributed by atoms with Gasteiger partial charge in [-0.3, -0.25) is 0 Å². The lowest BCUT2D eigenvalue weighted by Crippen LogP contribution is -2.49. The predicted octanol–water partition coefficient (Wildman–Crippen LogP) is 3.89. The molecule has 2 nitrogen and oxygen atoms in total. The first kappa shape index (κ1) is 13.9. The molecule has 1 atom stereocenters. The Morgan fingerprint density at radius 3 is 2.47 bits per heavy atom. The molecule has 2 heteroatoms. The Morgan fingerprint density at radius 2 is 1.84 bits per heavy atom. The second-order valence-electron chi connectivity index (χ2n) is 7.68. The van der Waals surface area contributed by atoms with Crippen LogP contribution in [-0.2, 0) is 4.74 Å². The quantitative estimate of drug-likeness (QED) is 0.832. The molecule has 1 spiro atoms. The Balaban J connectivity index is 1.51. The molecule has 1 unspecified atom stereocenters. The first-order valence-corrected chi connectivity index (χ1v) is 8.52. The van der Waals surface area contributed by atoms with Crippen molar-refractivity contribution in [1.29, 1.82) is 0 Å². The molecule has 1 heterocycles. The van der Waals surface area contributed by atoms with E-state index < -0.39 is 0 Å². The van der Waals surface area contributed by atoms with E-state index in [0.717, 1.165) is 12.5 Å². The van der Waals surface area contributed by atoms with Gasteiger partial charge in [0.25, 0.3) is 0 Å². The van der Waals surface area contributed by atoms with Gasteiger partial charge in [0, 0.05) is 19.2 Å². The van der Waals surface area contributed by atoms with E-state index in [0.29, 0.717) is 11.5 Å². The van der Waals surface area contributed by atoms with Gasteiger partial charge in [-0.15, -0.1) is 0 Å². The first-order valence-electron chi connectivity index (χ1n) is 8.52. The first-order chi connectivity index (χ1) is 9.14. The van der Waals surface area contributed by atoms with Crippen molar-refractivity contribution in [3.8, 4) is 0 Å². The maximum absolute atomic E-state index is 6.19. The minimum Gasteiger partial charge on any atom is -0.375 e. The summed E-state index contributed by atoms with van der Waals surface area (Å²) in [6.45, 7) is 7.00. The highest BCUT2D eigenvalue weighted by atomic mass is 16.5. The third-order valence-electron chi connectivity index (χ3n) is 6.12. The Labute approximate surface area is 118 Å². The van der Waals surface area contributed by atoms with Gasteiger partial charge in [-0.25, -0.2) is 0 Å². The van der Waals surface area contributed by atoms with E-state index in [1.165, 1.54) is 64.3 Å². The van der Waals surface area contributed by atoms with Crippen molar-refractivity contribution in [3.05, 3.63) is 0 Å². The number of nitrogens with one attached hydrogen (secondary N) is 1. The van der Waals surface area contributed by atoms with Gasteiger partial charge in [-0.05, 0) is 49.9 Å². The molecule has 2 aliphatic carbocycles. The largest absolute Gasteiger partial charge is 0.375 e. The third kappa shape index (κ3) is 3.00. The maximum atomic E-state index is 6.19. The highest BCUT2D eigenvalue weighted by Gasteiger charge is 2.46. The summed E-state index contributed by atoms with van der Waals surface area (Å²) in [6, 6.07) is 0.711. The summed E-state index contributed by atoms with van der Waals surface area (Å²) < 4.78 is 6.19. The van der Waals surface area contributed by atoms with Crippen LogP contribution < -0.4 is 5.32 Å². The Hall–Kier alpha value is -0.0800. The van der Waals surface area contributed by atoms with Gasteiger partial charge in [0.05, 0.1) is 5.60 Å². The van der Waals surface area contributed by atoms with Gasteiger partial charge in [0.15, 0.2) is 0 Å². The molecule has 110 valence electrons. The summed E-state index contributed by atoms with van der Waals surface area (Å²) in [6.07, 6.45) is 12.1. The van der Waals surface area contributed by atoms with Gasteiger partial charge in [0.2, 0.25) is 0 Å². The highest BCUT2D eigenvalue weighted by molar-refractivity contribution is 4.99. The summed E-state index contributed by atoms with van der Waals surface area (Å²) in [7, 11) is 0. The van der Waals surface area contributed by atoms with E-state index in [4.69, 9.17) is 4.74 Å². The van der Waals surface area contributed by atoms with Crippen LogP contribution in [0.4, 0.5) is 0 Å². The molecular formula is C17H31NO. The summed E-state index contributed by atoms with van der Waals surface area (Å²) in [5.74, 6) is 0.837. The fraction of sp³-hybridized carbons (Fsp3) is 1.00. The van der Waals surface area contributed by atoms with E-state index in [2.05, 4.69) is 19.2 Å². The van der Waals surface area contributed by atoms with E-state index in [-0.39, 0.29) is 5.60 Å². The normalized spacial score (nSPS) is 32.7. The molecule has 1 aliphatic heterocycles. The minimum absolute atomic E-state index is 0.253. The van der Waals surface area contributed by atoms with Gasteiger partial charge in [-0.1, -0.05) is 33.1 Å². The molecule has 0 amide bonds. The monoisotopic (exact) mass is 265 g/mol. The zero-order valence-electron chi connectivity index (χ0n) is 12.8. The van der Waals surface area contributed by atoms with E-state index in [1.54, 1.807) is 0 Å². The van der Waals surface area contributed by atoms with Gasteiger partial charge >= 0.3 is 0 Å². The molecule has 3 fully saturated rings. The third-order valence-corrected chi connectivity index (χ3v) is 6.12. The summed E-state index contributed by atoms with van der Waals surface area (Å²) in [5.41, 5.74) is 0.890. The second-order valence-corrected chi connectivity index (χ2v) is 7.68. The van der Waals surface area contributed by atoms with Crippen LogP contribution in [0.15, 0.2) is 0 Å². The number of rotatable bonds is 4. The van der Waals surface area contributed by atoms with Crippen LogP contribution in [0.5, 0.6) is 0 Å². The van der Waals surface area contributed by atoms with E-state index in [9.17, 15) is 0 Å². The fourth-order valence-electron chi connectivity index (χ4n) is 4.21. The van der Waals surface area contributed by atoms with Crippen molar-refractivity contribution in [3.63, 3.8) is 0 Å². The van der Waals surface area contributed by atoms with Crippen molar-refractivity contribution in [2.45, 2.75) is 83.3 Å². The molecule has 2 saturated carbocycles. The lowest BCUT2D eigenvalue weighted by atomic mass is 9.78. The topological polar surface area (TPSA) is 21.3 Å². The van der Waals surface area contributed by atoms with Crippen LogP contribution in [0.1, 0.15) is 71.6 Å². The smallest absolute Gasteiger partial charge is 0.0697 e. The molecule has 0 radical (unpaired) electrons. The highest BCUT2D eigenvalue weighted by Crippen LogP contribution is 2.51. The molecule has 0 aromatic heterocycles. The Bertz CT molecular complexity index is 297. The molecule has 0 aromatic carbocycles. The number of ether oxygens (including phenoxy) is 1. The minimum atomic E-state index is 0.253. The zero-order chi connectivity index (χ0) is 13.3. The van der Waals surface area contributed by atoms with Crippen LogP contribution in [0.3, 0.4) is 0 Å². The fourth-order valence-corrected chi connectivity index (χ4v) is 4.21. The van der Waals surface area contributed by atoms with Crippen LogP contribution in [0, 0.1) is 11.3 Å². The molecule has 3 rings (SSSR count). The van der Waals surface area contributed by atoms with E-state index >= 15 is 0 Å². The number of hydrogen-bond acceptors (Lipinski definition) is 2. The van der Waals surface area contributed by atoms with Gasteiger partial charge in [-0.2, -0.15) is 0 Å². The molecule has 1 N–H and O–H groups in total. The summed E-state index contributed by atoms with van der Waals surface area (Å²) in [5, 5.41) is 3.90. The van der Waals surface area contributed by atoms with E-state index in [1.807, 2.05) is 0 Å².